The van der Waals surface area contributed by atoms with Crippen LogP contribution in [-0.2, 0) is 21.1 Å². The summed E-state index contributed by atoms with van der Waals surface area (Å²) in [5.74, 6) is -0.0884. The topological polar surface area (TPSA) is 112 Å². The van der Waals surface area contributed by atoms with Crippen LogP contribution in [0.5, 0.6) is 5.75 Å². The maximum absolute atomic E-state index is 13.2. The number of aromatic nitrogens is 2. The van der Waals surface area contributed by atoms with E-state index in [0.29, 0.717) is 42.0 Å². The molecule has 1 amide bonds. The fourth-order valence-corrected chi connectivity index (χ4v) is 5.17. The number of sulfone groups is 1. The fourth-order valence-electron chi connectivity index (χ4n) is 4.43. The molecular weight excluding hydrogens is 537 g/mol. The molecule has 1 aromatic heterocycles. The Morgan fingerprint density at radius 1 is 1.28 bits per heavy atom. The van der Waals surface area contributed by atoms with Gasteiger partial charge in [-0.05, 0) is 59.6 Å². The van der Waals surface area contributed by atoms with Gasteiger partial charge in [-0.15, -0.1) is 0 Å². The predicted octanol–water partition coefficient (Wildman–Crippen LogP) is 4.35. The van der Waals surface area contributed by atoms with Crippen LogP contribution in [0.3, 0.4) is 0 Å². The average Bonchev–Trinajstić information content (AvgIpc) is 3.19. The predicted molar refractivity (Wildman–Crippen MR) is 143 cm³/mol. The first-order valence-corrected chi connectivity index (χ1v) is 14.5. The van der Waals surface area contributed by atoms with Gasteiger partial charge >= 0.3 is 6.18 Å². The number of hydrogen-bond donors (Lipinski definition) is 2. The third-order valence-corrected chi connectivity index (χ3v) is 9.57. The Morgan fingerprint density at radius 2 is 1.95 bits per heavy atom. The quantitative estimate of drug-likeness (QED) is 0.458. The van der Waals surface area contributed by atoms with E-state index in [9.17, 15) is 26.4 Å². The number of amides is 1. The maximum Gasteiger partial charge on any atom is 0.408 e. The molecule has 1 fully saturated rings. The number of nitrogens with one attached hydrogen (secondary N) is 2. The second kappa shape index (κ2) is 11.0. The molecule has 0 saturated carbocycles. The summed E-state index contributed by atoms with van der Waals surface area (Å²) in [5.41, 5.74) is 1.48. The summed E-state index contributed by atoms with van der Waals surface area (Å²) in [6.07, 6.45) is -2.33. The van der Waals surface area contributed by atoms with Gasteiger partial charge in [0.15, 0.2) is 15.5 Å². The second-order valence-corrected chi connectivity index (χ2v) is 13.1. The van der Waals surface area contributed by atoms with Crippen molar-refractivity contribution in [3.8, 4) is 17.0 Å². The lowest BCUT2D eigenvalue weighted by atomic mass is 9.90. The minimum atomic E-state index is -4.40. The van der Waals surface area contributed by atoms with Crippen LogP contribution in [0.4, 0.5) is 18.9 Å². The van der Waals surface area contributed by atoms with Crippen molar-refractivity contribution in [3.05, 3.63) is 29.5 Å². The van der Waals surface area contributed by atoms with Crippen LogP contribution in [0.25, 0.3) is 11.3 Å². The normalized spacial score (nSPS) is 22.8. The Kier molecular flexibility index (Phi) is 8.66. The van der Waals surface area contributed by atoms with E-state index < -0.39 is 38.3 Å². The molecule has 1 aliphatic rings. The van der Waals surface area contributed by atoms with Crippen molar-refractivity contribution in [3.63, 3.8) is 0 Å². The summed E-state index contributed by atoms with van der Waals surface area (Å²) in [5, 5.41) is 9.79. The zero-order chi connectivity index (χ0) is 29.4. The SMILES string of the molecule is CCn1nc(C(=O)NC[C@@]2(C)CC[C@@](C)(S(C)(=O)=O)CO2)c(C)c1-c1ccc(N[C@H](C)C(F)(F)F)cc1OC. The van der Waals surface area contributed by atoms with Crippen LogP contribution in [0.2, 0.25) is 0 Å². The third-order valence-electron chi connectivity index (χ3n) is 7.46. The highest BCUT2D eigenvalue weighted by Gasteiger charge is 2.44. The highest BCUT2D eigenvalue weighted by Crippen LogP contribution is 2.37. The number of rotatable bonds is 9. The molecule has 1 aliphatic heterocycles. The highest BCUT2D eigenvalue weighted by atomic mass is 32.2. The minimum Gasteiger partial charge on any atom is -0.496 e. The van der Waals surface area contributed by atoms with Gasteiger partial charge in [-0.25, -0.2) is 8.42 Å². The number of carbonyl (C=O) groups excluding carboxylic acids is 1. The largest absolute Gasteiger partial charge is 0.496 e. The molecular formula is C26H37F3N4O5S. The van der Waals surface area contributed by atoms with Crippen molar-refractivity contribution in [2.75, 3.05) is 31.8 Å². The number of benzene rings is 1. The van der Waals surface area contributed by atoms with Crippen LogP contribution in [0, 0.1) is 6.92 Å². The Hall–Kier alpha value is -2.80. The fraction of sp³-hybridized carbons (Fsp3) is 0.615. The molecule has 1 aromatic carbocycles. The molecule has 9 nitrogen and oxygen atoms in total. The standard InChI is InChI=1S/C26H37F3N4O5S/c1-8-33-22(19-10-9-18(13-20(19)37-6)31-17(3)26(27,28)29)16(2)21(32-33)23(34)30-14-24(4)11-12-25(5,15-38-24)39(7,35)36/h9-10,13,17,31H,8,11-12,14-15H2,1-7H3,(H,30,34)/t17-,24-,25-/m1/s1. The van der Waals surface area contributed by atoms with E-state index in [1.54, 1.807) is 24.6 Å². The van der Waals surface area contributed by atoms with E-state index in [4.69, 9.17) is 9.47 Å². The van der Waals surface area contributed by atoms with Crippen LogP contribution >= 0.6 is 0 Å². The Morgan fingerprint density at radius 3 is 2.46 bits per heavy atom. The van der Waals surface area contributed by atoms with Crippen molar-refractivity contribution < 1.29 is 35.9 Å². The molecule has 218 valence electrons. The number of ether oxygens (including phenoxy) is 2. The molecule has 39 heavy (non-hydrogen) atoms. The lowest BCUT2D eigenvalue weighted by Gasteiger charge is -2.42. The number of halogens is 3. The summed E-state index contributed by atoms with van der Waals surface area (Å²) >= 11 is 0. The molecule has 3 rings (SSSR count). The molecule has 2 heterocycles. The van der Waals surface area contributed by atoms with Gasteiger partial charge in [0, 0.05) is 42.2 Å². The van der Waals surface area contributed by atoms with Gasteiger partial charge in [0.05, 0.1) is 29.8 Å². The van der Waals surface area contributed by atoms with Gasteiger partial charge in [-0.1, -0.05) is 0 Å². The van der Waals surface area contributed by atoms with Crippen molar-refractivity contribution in [2.45, 2.75) is 76.6 Å². The monoisotopic (exact) mass is 574 g/mol. The van der Waals surface area contributed by atoms with E-state index in [-0.39, 0.29) is 24.5 Å². The van der Waals surface area contributed by atoms with Gasteiger partial charge in [-0.2, -0.15) is 18.3 Å². The van der Waals surface area contributed by atoms with Crippen LogP contribution < -0.4 is 15.4 Å². The smallest absolute Gasteiger partial charge is 0.408 e. The van der Waals surface area contributed by atoms with E-state index in [0.717, 1.165) is 6.92 Å². The molecule has 1 saturated heterocycles. The number of methoxy groups -OCH3 is 1. The molecule has 3 atom stereocenters. The van der Waals surface area contributed by atoms with Crippen LogP contribution in [0.15, 0.2) is 18.2 Å². The number of anilines is 1. The van der Waals surface area contributed by atoms with Gasteiger partial charge in [-0.3, -0.25) is 9.48 Å². The van der Waals surface area contributed by atoms with Crippen molar-refractivity contribution in [2.24, 2.45) is 0 Å². The molecule has 0 spiro atoms. The molecule has 0 unspecified atom stereocenters. The second-order valence-electron chi connectivity index (χ2n) is 10.6. The molecule has 13 heteroatoms. The molecule has 0 aliphatic carbocycles. The summed E-state index contributed by atoms with van der Waals surface area (Å²) in [6.45, 7) is 8.78. The summed E-state index contributed by atoms with van der Waals surface area (Å²) in [6, 6.07) is 2.90. The minimum absolute atomic E-state index is 0.0399. The first-order chi connectivity index (χ1) is 17.9. The third kappa shape index (κ3) is 6.51. The van der Waals surface area contributed by atoms with E-state index in [1.807, 2.05) is 13.8 Å². The lowest BCUT2D eigenvalue weighted by molar-refractivity contribution is -0.138. The summed E-state index contributed by atoms with van der Waals surface area (Å²) < 4.78 is 75.3. The van der Waals surface area contributed by atoms with E-state index >= 15 is 0 Å². The molecule has 0 bridgehead atoms. The Bertz CT molecular complexity index is 1320. The average molecular weight is 575 g/mol. The van der Waals surface area contributed by atoms with Gasteiger partial charge < -0.3 is 20.1 Å². The first-order valence-electron chi connectivity index (χ1n) is 12.7. The highest BCUT2D eigenvalue weighted by molar-refractivity contribution is 7.92. The van der Waals surface area contributed by atoms with Crippen LogP contribution in [0.1, 0.15) is 56.6 Å². The summed E-state index contributed by atoms with van der Waals surface area (Å²) in [7, 11) is -1.88. The number of carbonyl (C=O) groups is 1. The van der Waals surface area contributed by atoms with E-state index in [1.165, 1.54) is 25.5 Å². The number of nitrogens with zero attached hydrogens (tertiary/aromatic N) is 2. The number of aryl methyl sites for hydroxylation is 1. The van der Waals surface area contributed by atoms with Crippen molar-refractivity contribution >= 4 is 21.4 Å². The van der Waals surface area contributed by atoms with Crippen LogP contribution in [-0.4, -0.2) is 73.2 Å². The zero-order valence-corrected chi connectivity index (χ0v) is 24.1. The van der Waals surface area contributed by atoms with E-state index in [2.05, 4.69) is 15.7 Å². The summed E-state index contributed by atoms with van der Waals surface area (Å²) in [4.78, 5) is 13.2. The number of alkyl halides is 3. The van der Waals surface area contributed by atoms with Crippen molar-refractivity contribution in [1.82, 2.24) is 15.1 Å². The maximum atomic E-state index is 13.2. The van der Waals surface area contributed by atoms with Gasteiger partial charge in [0.2, 0.25) is 0 Å². The number of hydrogen-bond acceptors (Lipinski definition) is 7. The Balaban J connectivity index is 1.81. The molecule has 2 N–H and O–H groups in total. The zero-order valence-electron chi connectivity index (χ0n) is 23.3. The lowest BCUT2D eigenvalue weighted by Crippen LogP contribution is -2.53. The van der Waals surface area contributed by atoms with Gasteiger partial charge in [0.25, 0.3) is 5.91 Å². The molecule has 0 radical (unpaired) electrons. The van der Waals surface area contributed by atoms with Gasteiger partial charge in [0.1, 0.15) is 11.8 Å². The molecule has 2 aromatic rings. The first kappa shape index (κ1) is 30.7. The Labute approximate surface area is 227 Å². The van der Waals surface area contributed by atoms with Crippen molar-refractivity contribution in [1.29, 1.82) is 0 Å².